The van der Waals surface area contributed by atoms with Gasteiger partial charge in [0.1, 0.15) is 12.2 Å². The number of aliphatic carboxylic acids is 1. The average molecular weight is 619 g/mol. The number of aromatic nitrogens is 2. The molecule has 3 aromatic rings. The van der Waals surface area contributed by atoms with Crippen molar-refractivity contribution in [2.75, 3.05) is 31.7 Å². The topological polar surface area (TPSA) is 140 Å². The van der Waals surface area contributed by atoms with E-state index in [9.17, 15) is 14.7 Å². The molecule has 0 bridgehead atoms. The summed E-state index contributed by atoms with van der Waals surface area (Å²) in [6, 6.07) is 6.37. The number of nitrogens with zero attached hydrogens (tertiary/aromatic N) is 2. The molecule has 0 atom stereocenters. The maximum Gasteiger partial charge on any atom is 0.339 e. The van der Waals surface area contributed by atoms with Crippen molar-refractivity contribution in [3.63, 3.8) is 0 Å². The fraction of sp³-hybridized carbons (Fsp3) is 0.280. The lowest BCUT2D eigenvalue weighted by Crippen LogP contribution is -2.10. The Morgan fingerprint density at radius 2 is 1.38 bits per heavy atom. The Morgan fingerprint density at radius 1 is 0.795 bits per heavy atom. The second kappa shape index (κ2) is 14.9. The molecule has 208 valence electrons. The molecule has 3 N–H and O–H groups in total. The predicted molar refractivity (Wildman–Crippen MR) is 148 cm³/mol. The van der Waals surface area contributed by atoms with Gasteiger partial charge < -0.3 is 29.7 Å². The van der Waals surface area contributed by atoms with Crippen molar-refractivity contribution < 1.29 is 34.0 Å². The molecule has 39 heavy (non-hydrogen) atoms. The standard InChI is InChI=1S/C25H23Cl4N3O7/c26-17-8-14(2-3-22(33)34)9-18(27)23(17)38-5-1-4-37-6-7-39-24-19(28)10-15(11-20(24)29)32-21-13-31-30-12-16(21)25(35)36/h8-13H,1-7H2,(H,30,32)(H,33,34)(H,35,36). The Bertz CT molecular complexity index is 1280. The number of hydrogen-bond donors (Lipinski definition) is 3. The Morgan fingerprint density at radius 3 is 2.00 bits per heavy atom. The van der Waals surface area contributed by atoms with Crippen LogP contribution in [-0.2, 0) is 16.0 Å². The molecule has 0 aliphatic carbocycles. The quantitative estimate of drug-likeness (QED) is 0.164. The molecule has 3 rings (SSSR count). The van der Waals surface area contributed by atoms with Crippen LogP contribution in [-0.4, -0.2) is 58.8 Å². The highest BCUT2D eigenvalue weighted by Gasteiger charge is 2.15. The predicted octanol–water partition coefficient (Wildman–Crippen LogP) is 6.41. The van der Waals surface area contributed by atoms with Gasteiger partial charge in [-0.05, 0) is 36.2 Å². The van der Waals surface area contributed by atoms with Gasteiger partial charge in [-0.15, -0.1) is 0 Å². The molecule has 0 unspecified atom stereocenters. The lowest BCUT2D eigenvalue weighted by Gasteiger charge is -2.14. The molecule has 0 aliphatic rings. The summed E-state index contributed by atoms with van der Waals surface area (Å²) < 4.78 is 16.9. The third-order valence-corrected chi connectivity index (χ3v) is 6.20. The first-order chi connectivity index (χ1) is 18.7. The van der Waals surface area contributed by atoms with Crippen molar-refractivity contribution in [3.05, 3.63) is 67.9 Å². The normalized spacial score (nSPS) is 10.8. The smallest absolute Gasteiger partial charge is 0.339 e. The fourth-order valence-corrected chi connectivity index (χ4v) is 4.54. The molecule has 1 aromatic heterocycles. The molecule has 0 fully saturated rings. The number of hydrogen-bond acceptors (Lipinski definition) is 8. The Balaban J connectivity index is 1.40. The van der Waals surface area contributed by atoms with Gasteiger partial charge in [-0.2, -0.15) is 10.2 Å². The van der Waals surface area contributed by atoms with E-state index >= 15 is 0 Å². The van der Waals surface area contributed by atoms with Gasteiger partial charge in [-0.25, -0.2) is 4.79 Å². The molecular weight excluding hydrogens is 596 g/mol. The van der Waals surface area contributed by atoms with Crippen LogP contribution in [0.2, 0.25) is 20.1 Å². The molecule has 2 aromatic carbocycles. The van der Waals surface area contributed by atoms with Crippen LogP contribution >= 0.6 is 46.4 Å². The maximum atomic E-state index is 11.3. The minimum atomic E-state index is -1.16. The van der Waals surface area contributed by atoms with Crippen LogP contribution in [0.3, 0.4) is 0 Å². The second-order valence-corrected chi connectivity index (χ2v) is 9.59. The number of nitrogens with one attached hydrogen (secondary N) is 1. The van der Waals surface area contributed by atoms with Crippen molar-refractivity contribution in [2.24, 2.45) is 0 Å². The van der Waals surface area contributed by atoms with Crippen molar-refractivity contribution in [2.45, 2.75) is 19.3 Å². The SMILES string of the molecule is O=C(O)CCc1cc(Cl)c(OCCCOCCOc2c(Cl)cc(Nc3cnncc3C(=O)O)cc2Cl)c(Cl)c1. The van der Waals surface area contributed by atoms with Gasteiger partial charge in [0.2, 0.25) is 0 Å². The van der Waals surface area contributed by atoms with E-state index in [1.54, 1.807) is 24.3 Å². The number of aromatic carboxylic acids is 1. The van der Waals surface area contributed by atoms with Crippen molar-refractivity contribution in [1.29, 1.82) is 0 Å². The zero-order valence-electron chi connectivity index (χ0n) is 20.3. The highest BCUT2D eigenvalue weighted by molar-refractivity contribution is 6.38. The minimum Gasteiger partial charge on any atom is -0.490 e. The molecule has 14 heteroatoms. The maximum absolute atomic E-state index is 11.3. The van der Waals surface area contributed by atoms with Crippen LogP contribution < -0.4 is 14.8 Å². The number of benzene rings is 2. The number of anilines is 2. The van der Waals surface area contributed by atoms with Crippen molar-refractivity contribution >= 4 is 69.7 Å². The summed E-state index contributed by atoms with van der Waals surface area (Å²) in [5.41, 5.74) is 1.33. The molecule has 1 heterocycles. The van der Waals surface area contributed by atoms with Crippen LogP contribution in [0.25, 0.3) is 0 Å². The Labute approximate surface area is 243 Å². The highest BCUT2D eigenvalue weighted by atomic mass is 35.5. The fourth-order valence-electron chi connectivity index (χ4n) is 3.30. The summed E-state index contributed by atoms with van der Waals surface area (Å²) in [5, 5.41) is 29.3. The zero-order chi connectivity index (χ0) is 28.4. The van der Waals surface area contributed by atoms with E-state index in [2.05, 4.69) is 15.5 Å². The van der Waals surface area contributed by atoms with Gasteiger partial charge in [0, 0.05) is 25.1 Å². The number of carboxylic acids is 2. The van der Waals surface area contributed by atoms with Gasteiger partial charge in [-0.1, -0.05) is 46.4 Å². The van der Waals surface area contributed by atoms with Gasteiger partial charge in [0.25, 0.3) is 0 Å². The number of ether oxygens (including phenoxy) is 3. The second-order valence-electron chi connectivity index (χ2n) is 7.96. The summed E-state index contributed by atoms with van der Waals surface area (Å²) in [5.74, 6) is -1.46. The summed E-state index contributed by atoms with van der Waals surface area (Å²) >= 11 is 25.1. The van der Waals surface area contributed by atoms with Crippen molar-refractivity contribution in [3.8, 4) is 11.5 Å². The number of aryl methyl sites for hydroxylation is 1. The molecule has 0 aliphatic heterocycles. The highest BCUT2D eigenvalue weighted by Crippen LogP contribution is 2.37. The monoisotopic (exact) mass is 617 g/mol. The van der Waals surface area contributed by atoms with Crippen LogP contribution in [0.1, 0.15) is 28.8 Å². The molecule has 0 radical (unpaired) electrons. The summed E-state index contributed by atoms with van der Waals surface area (Å²) in [7, 11) is 0. The third kappa shape index (κ3) is 9.29. The number of halogens is 4. The number of rotatable bonds is 15. The molecule has 0 amide bonds. The minimum absolute atomic E-state index is 0.0194. The van der Waals surface area contributed by atoms with E-state index in [1.165, 1.54) is 6.20 Å². The Hall–Kier alpha value is -3.02. The van der Waals surface area contributed by atoms with Crippen molar-refractivity contribution in [1.82, 2.24) is 10.2 Å². The lowest BCUT2D eigenvalue weighted by atomic mass is 10.1. The number of carbonyl (C=O) groups is 2. The molecular formula is C25H23Cl4N3O7. The van der Waals surface area contributed by atoms with Crippen LogP contribution in [0.15, 0.2) is 36.7 Å². The molecule has 0 saturated heterocycles. The van der Waals surface area contributed by atoms with E-state index in [1.807, 2.05) is 0 Å². The molecule has 0 spiro atoms. The average Bonchev–Trinajstić information content (AvgIpc) is 2.87. The molecule has 10 nitrogen and oxygen atoms in total. The van der Waals surface area contributed by atoms with E-state index < -0.39 is 11.9 Å². The van der Waals surface area contributed by atoms with Crippen LogP contribution in [0.4, 0.5) is 11.4 Å². The Kier molecular flexibility index (Phi) is 11.7. The first-order valence-electron chi connectivity index (χ1n) is 11.5. The molecule has 0 saturated carbocycles. The summed E-state index contributed by atoms with van der Waals surface area (Å²) in [6.07, 6.45) is 3.26. The third-order valence-electron chi connectivity index (χ3n) is 5.08. The van der Waals surface area contributed by atoms with Crippen LogP contribution in [0.5, 0.6) is 11.5 Å². The van der Waals surface area contributed by atoms with E-state index in [0.717, 1.165) is 6.20 Å². The van der Waals surface area contributed by atoms with Gasteiger partial charge in [0.15, 0.2) is 11.5 Å². The zero-order valence-corrected chi connectivity index (χ0v) is 23.3. The van der Waals surface area contributed by atoms with Gasteiger partial charge in [-0.3, -0.25) is 4.79 Å². The van der Waals surface area contributed by atoms with Crippen LogP contribution in [0, 0.1) is 0 Å². The first kappa shape index (κ1) is 30.5. The van der Waals surface area contributed by atoms with E-state index in [0.29, 0.717) is 53.1 Å². The van der Waals surface area contributed by atoms with E-state index in [4.69, 9.17) is 65.7 Å². The van der Waals surface area contributed by atoms with E-state index in [-0.39, 0.29) is 46.7 Å². The lowest BCUT2D eigenvalue weighted by molar-refractivity contribution is -0.136. The van der Waals surface area contributed by atoms with Gasteiger partial charge >= 0.3 is 11.9 Å². The summed E-state index contributed by atoms with van der Waals surface area (Å²) in [6.45, 7) is 1.13. The first-order valence-corrected chi connectivity index (χ1v) is 13.0. The van der Waals surface area contributed by atoms with Gasteiger partial charge in [0.05, 0.1) is 51.4 Å². The summed E-state index contributed by atoms with van der Waals surface area (Å²) in [4.78, 5) is 22.1. The number of carboxylic acid groups (broad SMARTS) is 2. The largest absolute Gasteiger partial charge is 0.490 e.